The lowest BCUT2D eigenvalue weighted by Gasteiger charge is -2.12. The van der Waals surface area contributed by atoms with Gasteiger partial charge in [-0.25, -0.2) is 4.98 Å². The van der Waals surface area contributed by atoms with Gasteiger partial charge in [-0.3, -0.25) is 0 Å². The molecule has 2 rings (SSSR count). The molecule has 2 N–H and O–H groups in total. The maximum absolute atomic E-state index is 5.34. The van der Waals surface area contributed by atoms with Gasteiger partial charge in [0.1, 0.15) is 17.3 Å². The third-order valence-corrected chi connectivity index (χ3v) is 3.15. The van der Waals surface area contributed by atoms with Crippen LogP contribution in [0.5, 0.6) is 11.5 Å². The summed E-state index contributed by atoms with van der Waals surface area (Å²) in [5.41, 5.74) is 0.757. The minimum absolute atomic E-state index is 0.507. The molecule has 1 aromatic heterocycles. The topological polar surface area (TPSA) is 68.3 Å². The molecule has 2 aromatic rings. The van der Waals surface area contributed by atoms with Crippen molar-refractivity contribution in [1.29, 1.82) is 0 Å². The Morgan fingerprint density at radius 1 is 1.14 bits per heavy atom. The van der Waals surface area contributed by atoms with Crippen molar-refractivity contribution in [3.63, 3.8) is 0 Å². The van der Waals surface area contributed by atoms with Crippen molar-refractivity contribution in [2.45, 2.75) is 19.8 Å². The van der Waals surface area contributed by atoms with Crippen LogP contribution in [0.3, 0.4) is 0 Å². The van der Waals surface area contributed by atoms with Crippen molar-refractivity contribution in [3.8, 4) is 11.5 Å². The quantitative estimate of drug-likeness (QED) is 0.728. The van der Waals surface area contributed by atoms with Gasteiger partial charge in [-0.2, -0.15) is 4.98 Å². The number of nitrogens with zero attached hydrogens (tertiary/aromatic N) is 2. The van der Waals surface area contributed by atoms with Crippen molar-refractivity contribution < 1.29 is 9.47 Å². The molecule has 0 atom stereocenters. The average molecular weight is 302 g/mol. The zero-order chi connectivity index (χ0) is 15.8. The fraction of sp³-hybridized carbons (Fsp3) is 0.375. The predicted molar refractivity (Wildman–Crippen MR) is 88.3 cm³/mol. The minimum Gasteiger partial charge on any atom is -0.497 e. The third kappa shape index (κ3) is 4.25. The molecule has 22 heavy (non-hydrogen) atoms. The SMILES string of the molecule is CCCCNc1ccnc(Nc2cc(OC)ccc2OC)n1. The molecular weight excluding hydrogens is 280 g/mol. The molecule has 0 spiro atoms. The highest BCUT2D eigenvalue weighted by molar-refractivity contribution is 5.65. The Labute approximate surface area is 130 Å². The van der Waals surface area contributed by atoms with Crippen LogP contribution in [-0.2, 0) is 0 Å². The lowest BCUT2D eigenvalue weighted by atomic mass is 10.2. The van der Waals surface area contributed by atoms with Crippen molar-refractivity contribution >= 4 is 17.5 Å². The minimum atomic E-state index is 0.507. The number of ether oxygens (including phenoxy) is 2. The summed E-state index contributed by atoms with van der Waals surface area (Å²) in [5.74, 6) is 2.75. The zero-order valence-corrected chi connectivity index (χ0v) is 13.2. The highest BCUT2D eigenvalue weighted by atomic mass is 16.5. The van der Waals surface area contributed by atoms with Crippen LogP contribution in [0.1, 0.15) is 19.8 Å². The summed E-state index contributed by atoms with van der Waals surface area (Å²) in [6.07, 6.45) is 3.97. The first-order valence-corrected chi connectivity index (χ1v) is 7.32. The number of nitrogens with one attached hydrogen (secondary N) is 2. The molecule has 6 nitrogen and oxygen atoms in total. The van der Waals surface area contributed by atoms with Crippen molar-refractivity contribution in [3.05, 3.63) is 30.5 Å². The molecule has 0 amide bonds. The molecule has 1 aromatic carbocycles. The first-order chi connectivity index (χ1) is 10.8. The molecule has 0 saturated heterocycles. The first-order valence-electron chi connectivity index (χ1n) is 7.32. The molecule has 1 heterocycles. The van der Waals surface area contributed by atoms with Gasteiger partial charge in [0.2, 0.25) is 5.95 Å². The summed E-state index contributed by atoms with van der Waals surface area (Å²) in [5, 5.41) is 6.44. The molecule has 0 fully saturated rings. The molecular formula is C16H22N4O2. The Hall–Kier alpha value is -2.50. The molecule has 118 valence electrons. The second-order valence-corrected chi connectivity index (χ2v) is 4.74. The van der Waals surface area contributed by atoms with Crippen LogP contribution < -0.4 is 20.1 Å². The molecule has 0 bridgehead atoms. The van der Waals surface area contributed by atoms with E-state index < -0.39 is 0 Å². The molecule has 0 aliphatic heterocycles. The van der Waals surface area contributed by atoms with E-state index in [1.54, 1.807) is 20.4 Å². The Morgan fingerprint density at radius 2 is 2.00 bits per heavy atom. The van der Waals surface area contributed by atoms with E-state index in [0.29, 0.717) is 11.7 Å². The average Bonchev–Trinajstić information content (AvgIpc) is 2.55. The van der Waals surface area contributed by atoms with Gasteiger partial charge in [-0.1, -0.05) is 13.3 Å². The van der Waals surface area contributed by atoms with Gasteiger partial charge in [0.05, 0.1) is 19.9 Å². The van der Waals surface area contributed by atoms with E-state index in [4.69, 9.17) is 9.47 Å². The fourth-order valence-electron chi connectivity index (χ4n) is 1.94. The smallest absolute Gasteiger partial charge is 0.229 e. The van der Waals surface area contributed by atoms with Gasteiger partial charge in [0.25, 0.3) is 0 Å². The van der Waals surface area contributed by atoms with Gasteiger partial charge in [-0.05, 0) is 24.6 Å². The summed E-state index contributed by atoms with van der Waals surface area (Å²) in [6, 6.07) is 7.38. The van der Waals surface area contributed by atoms with Crippen LogP contribution in [-0.4, -0.2) is 30.7 Å². The van der Waals surface area contributed by atoms with E-state index in [1.807, 2.05) is 24.3 Å². The van der Waals surface area contributed by atoms with Crippen LogP contribution in [0.4, 0.5) is 17.5 Å². The number of hydrogen-bond acceptors (Lipinski definition) is 6. The standard InChI is InChI=1S/C16H22N4O2/c1-4-5-9-17-15-8-10-18-16(20-15)19-13-11-12(21-2)6-7-14(13)22-3/h6-8,10-11H,4-5,9H2,1-3H3,(H2,17,18,19,20). The predicted octanol–water partition coefficient (Wildman–Crippen LogP) is 3.45. The molecule has 0 aliphatic rings. The van der Waals surface area contributed by atoms with Crippen molar-refractivity contribution in [2.24, 2.45) is 0 Å². The summed E-state index contributed by atoms with van der Waals surface area (Å²) < 4.78 is 10.6. The normalized spacial score (nSPS) is 10.1. The van der Waals surface area contributed by atoms with Gasteiger partial charge < -0.3 is 20.1 Å². The number of rotatable bonds is 8. The molecule has 0 radical (unpaired) electrons. The van der Waals surface area contributed by atoms with Crippen LogP contribution in [0.25, 0.3) is 0 Å². The van der Waals surface area contributed by atoms with Crippen LogP contribution in [0, 0.1) is 0 Å². The lowest BCUT2D eigenvalue weighted by Crippen LogP contribution is -2.05. The summed E-state index contributed by atoms with van der Waals surface area (Å²) >= 11 is 0. The van der Waals surface area contributed by atoms with E-state index in [9.17, 15) is 0 Å². The molecule has 0 aliphatic carbocycles. The molecule has 0 unspecified atom stereocenters. The monoisotopic (exact) mass is 302 g/mol. The van der Waals surface area contributed by atoms with Crippen LogP contribution in [0.2, 0.25) is 0 Å². The second-order valence-electron chi connectivity index (χ2n) is 4.74. The first kappa shape index (κ1) is 15.9. The molecule has 6 heteroatoms. The molecule has 0 saturated carbocycles. The second kappa shape index (κ2) is 8.07. The number of benzene rings is 1. The summed E-state index contributed by atoms with van der Waals surface area (Å²) in [7, 11) is 3.25. The van der Waals surface area contributed by atoms with Crippen LogP contribution >= 0.6 is 0 Å². The fourth-order valence-corrected chi connectivity index (χ4v) is 1.94. The van der Waals surface area contributed by atoms with Gasteiger partial charge in [-0.15, -0.1) is 0 Å². The van der Waals surface area contributed by atoms with E-state index in [0.717, 1.165) is 36.6 Å². The largest absolute Gasteiger partial charge is 0.497 e. The zero-order valence-electron chi connectivity index (χ0n) is 13.2. The number of unbranched alkanes of at least 4 members (excludes halogenated alkanes) is 1. The van der Waals surface area contributed by atoms with Crippen molar-refractivity contribution in [2.75, 3.05) is 31.4 Å². The Bertz CT molecular complexity index is 604. The maximum Gasteiger partial charge on any atom is 0.229 e. The van der Waals surface area contributed by atoms with E-state index in [1.165, 1.54) is 0 Å². The number of hydrogen-bond donors (Lipinski definition) is 2. The lowest BCUT2D eigenvalue weighted by molar-refractivity contribution is 0.405. The number of aromatic nitrogens is 2. The van der Waals surface area contributed by atoms with Gasteiger partial charge in [0.15, 0.2) is 0 Å². The number of anilines is 3. The Kier molecular flexibility index (Phi) is 5.82. The Balaban J connectivity index is 2.14. The van der Waals surface area contributed by atoms with Gasteiger partial charge in [0, 0.05) is 18.8 Å². The summed E-state index contributed by atoms with van der Waals surface area (Å²) in [4.78, 5) is 8.68. The van der Waals surface area contributed by atoms with E-state index in [-0.39, 0.29) is 0 Å². The highest BCUT2D eigenvalue weighted by Crippen LogP contribution is 2.30. The maximum atomic E-state index is 5.34. The van der Waals surface area contributed by atoms with Crippen molar-refractivity contribution in [1.82, 2.24) is 9.97 Å². The third-order valence-electron chi connectivity index (χ3n) is 3.15. The highest BCUT2D eigenvalue weighted by Gasteiger charge is 2.07. The Morgan fingerprint density at radius 3 is 2.73 bits per heavy atom. The summed E-state index contributed by atoms with van der Waals surface area (Å²) in [6.45, 7) is 3.05. The van der Waals surface area contributed by atoms with E-state index >= 15 is 0 Å². The number of methoxy groups -OCH3 is 2. The van der Waals surface area contributed by atoms with Gasteiger partial charge >= 0.3 is 0 Å². The van der Waals surface area contributed by atoms with E-state index in [2.05, 4.69) is 27.5 Å². The van der Waals surface area contributed by atoms with Crippen LogP contribution in [0.15, 0.2) is 30.5 Å².